The largest absolute Gasteiger partial charge is 0.507 e. The predicted octanol–water partition coefficient (Wildman–Crippen LogP) is 4.69. The van der Waals surface area contributed by atoms with Crippen molar-refractivity contribution in [2.45, 2.75) is 11.3 Å². The van der Waals surface area contributed by atoms with Gasteiger partial charge in [0.15, 0.2) is 11.6 Å². The molecule has 6 nitrogen and oxygen atoms in total. The smallest absolute Gasteiger partial charge is 0.268 e. The van der Waals surface area contributed by atoms with Crippen molar-refractivity contribution >= 4 is 44.1 Å². The van der Waals surface area contributed by atoms with Crippen LogP contribution in [-0.4, -0.2) is 29.1 Å². The van der Waals surface area contributed by atoms with Crippen LogP contribution < -0.4 is 0 Å². The Balaban J connectivity index is 1.80. The molecule has 0 atom stereocenters. The zero-order valence-corrected chi connectivity index (χ0v) is 17.6. The van der Waals surface area contributed by atoms with Crippen LogP contribution in [0.3, 0.4) is 0 Å². The van der Waals surface area contributed by atoms with Gasteiger partial charge in [0.25, 0.3) is 10.0 Å². The third kappa shape index (κ3) is 3.85. The molecule has 3 aromatic carbocycles. The highest BCUT2D eigenvalue weighted by atomic mass is 35.5. The molecule has 0 aliphatic rings. The van der Waals surface area contributed by atoms with Gasteiger partial charge in [-0.1, -0.05) is 41.9 Å². The first-order valence-electron chi connectivity index (χ1n) is 9.24. The number of nitrogens with zero attached hydrogens (tertiary/aromatic N) is 1. The topological polar surface area (TPSA) is 93.4 Å². The summed E-state index contributed by atoms with van der Waals surface area (Å²) in [7, 11) is -3.98. The highest BCUT2D eigenvalue weighted by Crippen LogP contribution is 2.30. The van der Waals surface area contributed by atoms with Gasteiger partial charge >= 0.3 is 0 Å². The van der Waals surface area contributed by atoms with E-state index in [1.54, 1.807) is 30.3 Å². The van der Waals surface area contributed by atoms with Crippen molar-refractivity contribution in [1.29, 1.82) is 0 Å². The molecule has 0 radical (unpaired) electrons. The molecule has 8 heteroatoms. The van der Waals surface area contributed by atoms with E-state index in [0.29, 0.717) is 10.4 Å². The van der Waals surface area contributed by atoms with Crippen molar-refractivity contribution in [3.63, 3.8) is 0 Å². The van der Waals surface area contributed by atoms with E-state index >= 15 is 0 Å². The zero-order chi connectivity index (χ0) is 22.2. The zero-order valence-electron chi connectivity index (χ0n) is 16.0. The molecule has 0 saturated carbocycles. The van der Waals surface area contributed by atoms with E-state index in [-0.39, 0.29) is 27.3 Å². The van der Waals surface area contributed by atoms with Crippen molar-refractivity contribution in [1.82, 2.24) is 3.97 Å². The quantitative estimate of drug-likeness (QED) is 0.337. The Morgan fingerprint density at radius 3 is 2.23 bits per heavy atom. The van der Waals surface area contributed by atoms with Crippen LogP contribution in [0.4, 0.5) is 0 Å². The van der Waals surface area contributed by atoms with Gasteiger partial charge in [0.1, 0.15) is 5.75 Å². The summed E-state index contributed by atoms with van der Waals surface area (Å²) in [5.41, 5.74) is 0.349. The fourth-order valence-corrected chi connectivity index (χ4v) is 4.91. The SMILES string of the molecule is O=C(CC(=O)c1cn(S(=O)(=O)c2ccccc2)c2ccc(Cl)cc12)c1ccccc1O. The molecule has 0 bridgehead atoms. The number of rotatable bonds is 6. The lowest BCUT2D eigenvalue weighted by molar-refractivity contribution is 0.0894. The van der Waals surface area contributed by atoms with Crippen LogP contribution in [0.5, 0.6) is 5.75 Å². The molecule has 1 N–H and O–H groups in total. The van der Waals surface area contributed by atoms with E-state index in [1.165, 1.54) is 48.7 Å². The van der Waals surface area contributed by atoms with Crippen LogP contribution in [0.2, 0.25) is 5.02 Å². The Hall–Kier alpha value is -3.42. The summed E-state index contributed by atoms with van der Waals surface area (Å²) in [6.45, 7) is 0. The molecule has 4 rings (SSSR count). The number of phenolic OH excluding ortho intramolecular Hbond substituents is 1. The highest BCUT2D eigenvalue weighted by Gasteiger charge is 2.25. The average molecular weight is 454 g/mol. The number of carbonyl (C=O) groups excluding carboxylic acids is 2. The third-order valence-corrected chi connectivity index (χ3v) is 6.78. The van der Waals surface area contributed by atoms with E-state index in [1.807, 2.05) is 0 Å². The van der Waals surface area contributed by atoms with E-state index in [9.17, 15) is 23.1 Å². The summed E-state index contributed by atoms with van der Waals surface area (Å²) in [5, 5.41) is 10.5. The summed E-state index contributed by atoms with van der Waals surface area (Å²) >= 11 is 6.09. The second kappa shape index (κ2) is 8.02. The number of hydrogen-bond acceptors (Lipinski definition) is 5. The normalized spacial score (nSPS) is 11.5. The summed E-state index contributed by atoms with van der Waals surface area (Å²) in [5.74, 6) is -1.38. The van der Waals surface area contributed by atoms with Crippen LogP contribution in [0.1, 0.15) is 27.1 Å². The molecule has 0 spiro atoms. The van der Waals surface area contributed by atoms with Gasteiger partial charge in [0, 0.05) is 22.2 Å². The summed E-state index contributed by atoms with van der Waals surface area (Å²) in [6, 6.07) is 18.3. The number of para-hydroxylation sites is 1. The molecule has 1 heterocycles. The number of hydrogen-bond donors (Lipinski definition) is 1. The molecular formula is C23H16ClNO5S. The number of aromatic hydroxyl groups is 1. The summed E-state index contributed by atoms with van der Waals surface area (Å²) < 4.78 is 27.4. The monoisotopic (exact) mass is 453 g/mol. The van der Waals surface area contributed by atoms with Crippen molar-refractivity contribution in [3.05, 3.63) is 95.1 Å². The number of Topliss-reactive ketones (excluding diaryl/α,β-unsaturated/α-hetero) is 2. The molecular weight excluding hydrogens is 438 g/mol. The molecule has 31 heavy (non-hydrogen) atoms. The molecule has 4 aromatic rings. The summed E-state index contributed by atoms with van der Waals surface area (Å²) in [6.07, 6.45) is 0.679. The molecule has 0 aliphatic heterocycles. The van der Waals surface area contributed by atoms with Gasteiger partial charge in [-0.05, 0) is 42.5 Å². The minimum Gasteiger partial charge on any atom is -0.507 e. The first-order valence-corrected chi connectivity index (χ1v) is 11.1. The maximum atomic E-state index is 13.2. The van der Waals surface area contributed by atoms with Crippen LogP contribution >= 0.6 is 11.6 Å². The maximum absolute atomic E-state index is 13.2. The fraction of sp³-hybridized carbons (Fsp3) is 0.0435. The van der Waals surface area contributed by atoms with Gasteiger partial charge in [-0.15, -0.1) is 0 Å². The lowest BCUT2D eigenvalue weighted by Crippen LogP contribution is -2.12. The van der Waals surface area contributed by atoms with E-state index < -0.39 is 28.0 Å². The van der Waals surface area contributed by atoms with Gasteiger partial charge in [-0.3, -0.25) is 9.59 Å². The van der Waals surface area contributed by atoms with Crippen LogP contribution in [-0.2, 0) is 10.0 Å². The van der Waals surface area contributed by atoms with Crippen LogP contribution in [0.25, 0.3) is 10.9 Å². The second-order valence-corrected chi connectivity index (χ2v) is 9.11. The van der Waals surface area contributed by atoms with Gasteiger partial charge in [0.2, 0.25) is 0 Å². The molecule has 0 aliphatic carbocycles. The molecule has 156 valence electrons. The van der Waals surface area contributed by atoms with E-state index in [2.05, 4.69) is 0 Å². The van der Waals surface area contributed by atoms with Gasteiger partial charge in [-0.25, -0.2) is 12.4 Å². The standard InChI is InChI=1S/C23H16ClNO5S/c24-15-10-11-20-18(12-15)19(14-25(20)31(29,30)16-6-2-1-3-7-16)23(28)13-22(27)17-8-4-5-9-21(17)26/h1-12,14,26H,13H2. The molecule has 0 amide bonds. The maximum Gasteiger partial charge on any atom is 0.268 e. The first kappa shape index (κ1) is 20.8. The first-order chi connectivity index (χ1) is 14.8. The lowest BCUT2D eigenvalue weighted by Gasteiger charge is -2.07. The van der Waals surface area contributed by atoms with Crippen LogP contribution in [0.15, 0.2) is 83.9 Å². The Kier molecular flexibility index (Phi) is 5.39. The van der Waals surface area contributed by atoms with Gasteiger partial charge in [0.05, 0.1) is 22.4 Å². The number of benzene rings is 3. The van der Waals surface area contributed by atoms with E-state index in [0.717, 1.165) is 3.97 Å². The molecule has 0 saturated heterocycles. The molecule has 0 unspecified atom stereocenters. The Labute approximate surface area is 183 Å². The number of carbonyl (C=O) groups is 2. The average Bonchev–Trinajstić information content (AvgIpc) is 3.14. The second-order valence-electron chi connectivity index (χ2n) is 6.86. The van der Waals surface area contributed by atoms with Crippen molar-refractivity contribution in [2.24, 2.45) is 0 Å². The predicted molar refractivity (Wildman–Crippen MR) is 117 cm³/mol. The summed E-state index contributed by atoms with van der Waals surface area (Å²) in [4.78, 5) is 25.6. The van der Waals surface area contributed by atoms with Crippen molar-refractivity contribution < 1.29 is 23.1 Å². The minimum absolute atomic E-state index is 0.0227. The van der Waals surface area contributed by atoms with Crippen LogP contribution in [0, 0.1) is 0 Å². The Morgan fingerprint density at radius 1 is 0.871 bits per heavy atom. The Morgan fingerprint density at radius 2 is 1.52 bits per heavy atom. The highest BCUT2D eigenvalue weighted by molar-refractivity contribution is 7.90. The lowest BCUT2D eigenvalue weighted by atomic mass is 10.0. The number of halogens is 1. The fourth-order valence-electron chi connectivity index (χ4n) is 3.35. The van der Waals surface area contributed by atoms with Crippen molar-refractivity contribution in [3.8, 4) is 5.75 Å². The molecule has 1 aromatic heterocycles. The van der Waals surface area contributed by atoms with Gasteiger partial charge in [-0.2, -0.15) is 0 Å². The van der Waals surface area contributed by atoms with Crippen molar-refractivity contribution in [2.75, 3.05) is 0 Å². The number of phenols is 1. The molecule has 0 fully saturated rings. The number of aromatic nitrogens is 1. The number of ketones is 2. The van der Waals surface area contributed by atoms with E-state index in [4.69, 9.17) is 11.6 Å². The minimum atomic E-state index is -3.98. The third-order valence-electron chi connectivity index (χ3n) is 4.86. The Bertz CT molecular complexity index is 1430. The van der Waals surface area contributed by atoms with Gasteiger partial charge < -0.3 is 5.11 Å². The number of fused-ring (bicyclic) bond motifs is 1.